The number of amides is 1. The maximum absolute atomic E-state index is 12.8. The number of carbonyl (C=O) groups excluding carboxylic acids is 1. The van der Waals surface area contributed by atoms with Gasteiger partial charge in [0.1, 0.15) is 11.4 Å². The summed E-state index contributed by atoms with van der Waals surface area (Å²) in [6.45, 7) is 1.94. The number of carbonyl (C=O) groups is 1. The number of hydrogen-bond acceptors (Lipinski definition) is 4. The lowest BCUT2D eigenvalue weighted by atomic mass is 10.1. The van der Waals surface area contributed by atoms with Crippen LogP contribution >= 0.6 is 0 Å². The van der Waals surface area contributed by atoms with Gasteiger partial charge in [0.2, 0.25) is 0 Å². The minimum atomic E-state index is -0.190. The van der Waals surface area contributed by atoms with E-state index in [0.717, 1.165) is 22.2 Å². The highest BCUT2D eigenvalue weighted by Crippen LogP contribution is 2.30. The highest BCUT2D eigenvalue weighted by atomic mass is 16.5. The van der Waals surface area contributed by atoms with Gasteiger partial charge in [-0.25, -0.2) is 0 Å². The Balaban J connectivity index is 1.84. The fourth-order valence-corrected chi connectivity index (χ4v) is 3.15. The molecule has 0 aliphatic carbocycles. The lowest BCUT2D eigenvalue weighted by Crippen LogP contribution is -2.28. The molecule has 0 fully saturated rings. The van der Waals surface area contributed by atoms with E-state index >= 15 is 0 Å². The van der Waals surface area contributed by atoms with Crippen molar-refractivity contribution in [3.8, 4) is 17.2 Å². The van der Waals surface area contributed by atoms with Gasteiger partial charge >= 0.3 is 0 Å². The van der Waals surface area contributed by atoms with Gasteiger partial charge < -0.3 is 24.1 Å². The second-order valence-corrected chi connectivity index (χ2v) is 6.32. The van der Waals surface area contributed by atoms with Crippen molar-refractivity contribution in [1.82, 2.24) is 9.88 Å². The number of aromatic nitrogens is 1. The Labute approximate surface area is 158 Å². The van der Waals surface area contributed by atoms with E-state index in [4.69, 9.17) is 14.2 Å². The van der Waals surface area contributed by atoms with E-state index in [1.807, 2.05) is 61.0 Å². The Morgan fingerprint density at radius 1 is 0.963 bits per heavy atom. The molecule has 0 saturated heterocycles. The van der Waals surface area contributed by atoms with Gasteiger partial charge in [-0.15, -0.1) is 0 Å². The number of rotatable bonds is 6. The van der Waals surface area contributed by atoms with Crippen molar-refractivity contribution in [3.63, 3.8) is 0 Å². The first kappa shape index (κ1) is 18.6. The number of methoxy groups -OCH3 is 3. The number of aryl methyl sites for hydroxylation is 1. The van der Waals surface area contributed by atoms with Crippen LogP contribution in [0.5, 0.6) is 17.2 Å². The second kappa shape index (κ2) is 7.61. The quantitative estimate of drug-likeness (QED) is 0.721. The van der Waals surface area contributed by atoms with Crippen LogP contribution in [0.2, 0.25) is 0 Å². The number of nitrogens with one attached hydrogen (secondary N) is 1. The lowest BCUT2D eigenvalue weighted by Gasteiger charge is -2.17. The number of fused-ring (bicyclic) bond motifs is 1. The molecule has 1 aromatic heterocycles. The van der Waals surface area contributed by atoms with E-state index < -0.39 is 0 Å². The summed E-state index contributed by atoms with van der Waals surface area (Å²) in [4.78, 5) is 12.8. The molecule has 27 heavy (non-hydrogen) atoms. The van der Waals surface area contributed by atoms with E-state index in [1.165, 1.54) is 0 Å². The average molecular weight is 368 g/mol. The smallest absolute Gasteiger partial charge is 0.268 e. The maximum Gasteiger partial charge on any atom is 0.268 e. The molecule has 1 amide bonds. The van der Waals surface area contributed by atoms with Gasteiger partial charge in [-0.05, 0) is 48.9 Å². The molecule has 1 N–H and O–H groups in total. The van der Waals surface area contributed by atoms with E-state index in [1.54, 1.807) is 21.3 Å². The van der Waals surface area contributed by atoms with Crippen LogP contribution in [-0.4, -0.2) is 31.8 Å². The molecule has 0 spiro atoms. The molecule has 0 radical (unpaired) electrons. The SMILES string of the molecule is COc1ccc2c(c1)cc(C(=O)N[C@H](C)c1ccc(OC)c(OC)c1)n2C. The van der Waals surface area contributed by atoms with Gasteiger partial charge in [-0.1, -0.05) is 6.07 Å². The molecule has 1 atom stereocenters. The zero-order chi connectivity index (χ0) is 19.6. The zero-order valence-electron chi connectivity index (χ0n) is 16.2. The monoisotopic (exact) mass is 368 g/mol. The van der Waals surface area contributed by atoms with Crippen molar-refractivity contribution < 1.29 is 19.0 Å². The Morgan fingerprint density at radius 2 is 1.70 bits per heavy atom. The van der Waals surface area contributed by atoms with Crippen molar-refractivity contribution in [1.29, 1.82) is 0 Å². The normalized spacial score (nSPS) is 11.9. The standard InChI is InChI=1S/C21H24N2O4/c1-13(14-6-9-19(26-4)20(12-14)27-5)22-21(24)18-11-15-10-16(25-3)7-8-17(15)23(18)2/h6-13H,1-5H3,(H,22,24)/t13-/m1/s1. The fraction of sp³-hybridized carbons (Fsp3) is 0.286. The van der Waals surface area contributed by atoms with Crippen molar-refractivity contribution in [2.75, 3.05) is 21.3 Å². The summed E-state index contributed by atoms with van der Waals surface area (Å²) in [5, 5.41) is 4.00. The predicted octanol–water partition coefficient (Wildman–Crippen LogP) is 3.70. The molecule has 1 heterocycles. The Morgan fingerprint density at radius 3 is 2.37 bits per heavy atom. The zero-order valence-corrected chi connectivity index (χ0v) is 16.2. The van der Waals surface area contributed by atoms with Crippen LogP contribution in [0.3, 0.4) is 0 Å². The summed E-state index contributed by atoms with van der Waals surface area (Å²) in [5.74, 6) is 1.91. The summed E-state index contributed by atoms with van der Waals surface area (Å²) >= 11 is 0. The third-order valence-electron chi connectivity index (χ3n) is 4.74. The molecule has 0 aliphatic heterocycles. The minimum Gasteiger partial charge on any atom is -0.497 e. The van der Waals surface area contributed by atoms with Crippen LogP contribution in [-0.2, 0) is 7.05 Å². The average Bonchev–Trinajstić information content (AvgIpc) is 3.03. The van der Waals surface area contributed by atoms with E-state index in [2.05, 4.69) is 5.32 Å². The van der Waals surface area contributed by atoms with Gasteiger partial charge in [-0.3, -0.25) is 4.79 Å². The van der Waals surface area contributed by atoms with Crippen LogP contribution in [0.1, 0.15) is 29.0 Å². The van der Waals surface area contributed by atoms with Crippen molar-refractivity contribution in [3.05, 3.63) is 53.7 Å². The number of ether oxygens (including phenoxy) is 3. The van der Waals surface area contributed by atoms with Crippen LogP contribution in [0, 0.1) is 0 Å². The highest BCUT2D eigenvalue weighted by molar-refractivity contribution is 5.99. The summed E-state index contributed by atoms with van der Waals surface area (Å²) < 4.78 is 17.8. The summed E-state index contributed by atoms with van der Waals surface area (Å²) in [6.07, 6.45) is 0. The van der Waals surface area contributed by atoms with Gasteiger partial charge in [0.15, 0.2) is 11.5 Å². The van der Waals surface area contributed by atoms with Crippen LogP contribution in [0.15, 0.2) is 42.5 Å². The van der Waals surface area contributed by atoms with Gasteiger partial charge in [0.25, 0.3) is 5.91 Å². The number of benzene rings is 2. The summed E-state index contributed by atoms with van der Waals surface area (Å²) in [7, 11) is 6.69. The predicted molar refractivity (Wildman–Crippen MR) is 105 cm³/mol. The molecule has 0 aliphatic rings. The molecule has 0 bridgehead atoms. The molecular weight excluding hydrogens is 344 g/mol. The van der Waals surface area contributed by atoms with E-state index in [9.17, 15) is 4.79 Å². The Kier molecular flexibility index (Phi) is 5.26. The van der Waals surface area contributed by atoms with Crippen LogP contribution in [0.25, 0.3) is 10.9 Å². The molecule has 3 rings (SSSR count). The largest absolute Gasteiger partial charge is 0.497 e. The first-order chi connectivity index (χ1) is 13.0. The first-order valence-corrected chi connectivity index (χ1v) is 8.64. The summed E-state index contributed by atoms with van der Waals surface area (Å²) in [6, 6.07) is 13.1. The molecule has 142 valence electrons. The van der Waals surface area contributed by atoms with Crippen molar-refractivity contribution >= 4 is 16.8 Å². The van der Waals surface area contributed by atoms with Gasteiger partial charge in [0.05, 0.1) is 27.4 Å². The minimum absolute atomic E-state index is 0.144. The number of hydrogen-bond donors (Lipinski definition) is 1. The molecule has 3 aromatic rings. The second-order valence-electron chi connectivity index (χ2n) is 6.32. The third-order valence-corrected chi connectivity index (χ3v) is 4.74. The Hall–Kier alpha value is -3.15. The fourth-order valence-electron chi connectivity index (χ4n) is 3.15. The molecule has 6 heteroatoms. The summed E-state index contributed by atoms with van der Waals surface area (Å²) in [5.41, 5.74) is 2.49. The van der Waals surface area contributed by atoms with Crippen LogP contribution in [0.4, 0.5) is 0 Å². The van der Waals surface area contributed by atoms with Crippen molar-refractivity contribution in [2.45, 2.75) is 13.0 Å². The van der Waals surface area contributed by atoms with E-state index in [-0.39, 0.29) is 11.9 Å². The van der Waals surface area contributed by atoms with Crippen LogP contribution < -0.4 is 19.5 Å². The van der Waals surface area contributed by atoms with E-state index in [0.29, 0.717) is 17.2 Å². The third kappa shape index (κ3) is 3.56. The highest BCUT2D eigenvalue weighted by Gasteiger charge is 2.17. The molecular formula is C21H24N2O4. The molecule has 2 aromatic carbocycles. The lowest BCUT2D eigenvalue weighted by molar-refractivity contribution is 0.0932. The van der Waals surface area contributed by atoms with Gasteiger partial charge in [0, 0.05) is 18.0 Å². The molecule has 6 nitrogen and oxygen atoms in total. The molecule has 0 unspecified atom stereocenters. The number of nitrogens with zero attached hydrogens (tertiary/aromatic N) is 1. The first-order valence-electron chi connectivity index (χ1n) is 8.64. The Bertz CT molecular complexity index is 978. The maximum atomic E-state index is 12.8. The van der Waals surface area contributed by atoms with Gasteiger partial charge in [-0.2, -0.15) is 0 Å². The molecule has 0 saturated carbocycles. The van der Waals surface area contributed by atoms with Crippen molar-refractivity contribution in [2.24, 2.45) is 7.05 Å². The topological polar surface area (TPSA) is 61.7 Å².